The van der Waals surface area contributed by atoms with Gasteiger partial charge >= 0.3 is 0 Å². The number of nitrogens with zero attached hydrogens (tertiary/aromatic N) is 2. The molecule has 0 saturated heterocycles. The minimum absolute atomic E-state index is 0.737. The van der Waals surface area contributed by atoms with E-state index in [2.05, 4.69) is 30.0 Å². The Morgan fingerprint density at radius 2 is 1.67 bits per heavy atom. The third kappa shape index (κ3) is 4.91. The number of benzene rings is 1. The van der Waals surface area contributed by atoms with Crippen molar-refractivity contribution in [3.8, 4) is 0 Å². The molecule has 0 aliphatic carbocycles. The van der Waals surface area contributed by atoms with Crippen molar-refractivity contribution in [1.82, 2.24) is 0 Å². The molecule has 2 nitrogen and oxygen atoms in total. The molecule has 1 aromatic carbocycles. The van der Waals surface area contributed by atoms with Crippen LogP contribution in [0.3, 0.4) is 0 Å². The molecule has 0 saturated carbocycles. The van der Waals surface area contributed by atoms with E-state index in [0.717, 1.165) is 23.4 Å². The zero-order valence-corrected chi connectivity index (χ0v) is 9.53. The summed E-state index contributed by atoms with van der Waals surface area (Å²) in [5.41, 5.74) is 2.81. The highest BCUT2D eigenvalue weighted by atomic mass is 14.7. The molecule has 0 aliphatic rings. The summed E-state index contributed by atoms with van der Waals surface area (Å²) in [5, 5.41) is 0. The molecule has 0 aliphatic heterocycles. The second-order valence-corrected chi connectivity index (χ2v) is 2.73. The number of hydrogen-bond donors (Lipinski definition) is 0. The van der Waals surface area contributed by atoms with Gasteiger partial charge in [0.25, 0.3) is 0 Å². The predicted octanol–water partition coefficient (Wildman–Crippen LogP) is 3.80. The maximum absolute atomic E-state index is 3.80. The number of hydrogen-bond acceptors (Lipinski definition) is 2. The molecule has 1 rings (SSSR count). The van der Waals surface area contributed by atoms with Gasteiger partial charge in [-0.1, -0.05) is 32.6 Å². The van der Waals surface area contributed by atoms with E-state index in [9.17, 15) is 0 Å². The van der Waals surface area contributed by atoms with Crippen LogP contribution in [0.25, 0.3) is 0 Å². The van der Waals surface area contributed by atoms with Gasteiger partial charge in [-0.25, -0.2) is 0 Å². The molecule has 0 unspecified atom stereocenters. The third-order valence-corrected chi connectivity index (χ3v) is 1.75. The molecule has 0 atom stereocenters. The average molecular weight is 202 g/mol. The first kappa shape index (κ1) is 13.3. The van der Waals surface area contributed by atoms with Gasteiger partial charge in [0, 0.05) is 12.1 Å². The molecular formula is C13H18N2. The van der Waals surface area contributed by atoms with Crippen LogP contribution in [-0.2, 0) is 6.42 Å². The lowest BCUT2D eigenvalue weighted by Crippen LogP contribution is -1.84. The summed E-state index contributed by atoms with van der Waals surface area (Å²) < 4.78 is 0. The highest BCUT2D eigenvalue weighted by Gasteiger charge is 1.94. The molecular weight excluding hydrogens is 184 g/mol. The van der Waals surface area contributed by atoms with Crippen molar-refractivity contribution in [2.75, 3.05) is 0 Å². The topological polar surface area (TPSA) is 24.7 Å². The Hall–Kier alpha value is -1.70. The molecule has 0 heterocycles. The Morgan fingerprint density at radius 3 is 2.07 bits per heavy atom. The third-order valence-electron chi connectivity index (χ3n) is 1.75. The first-order chi connectivity index (χ1) is 7.26. The Kier molecular flexibility index (Phi) is 6.81. The number of aliphatic imine (C=N–C) groups is 2. The van der Waals surface area contributed by atoms with Gasteiger partial charge in [0.15, 0.2) is 0 Å². The van der Waals surface area contributed by atoms with Crippen LogP contribution in [0.5, 0.6) is 0 Å². The predicted molar refractivity (Wildman–Crippen MR) is 69.4 cm³/mol. The summed E-state index contributed by atoms with van der Waals surface area (Å²) in [6.07, 6.45) is 0.737. The SMILES string of the molecule is C=NC(=C)Cc1ccc(N=C)cc1.CC. The normalized spacial score (nSPS) is 8.40. The van der Waals surface area contributed by atoms with Gasteiger partial charge < -0.3 is 0 Å². The lowest BCUT2D eigenvalue weighted by atomic mass is 10.1. The van der Waals surface area contributed by atoms with E-state index in [1.54, 1.807) is 0 Å². The van der Waals surface area contributed by atoms with Crippen molar-refractivity contribution >= 4 is 19.1 Å². The van der Waals surface area contributed by atoms with Gasteiger partial charge in [-0.05, 0) is 31.1 Å². The lowest BCUT2D eigenvalue weighted by molar-refractivity contribution is 1.13. The minimum atomic E-state index is 0.737. The van der Waals surface area contributed by atoms with E-state index in [4.69, 9.17) is 0 Å². The molecule has 0 fully saturated rings. The van der Waals surface area contributed by atoms with Crippen LogP contribution in [0.4, 0.5) is 5.69 Å². The average Bonchev–Trinajstić information content (AvgIpc) is 2.32. The van der Waals surface area contributed by atoms with Crippen LogP contribution < -0.4 is 0 Å². The van der Waals surface area contributed by atoms with Crippen LogP contribution in [-0.4, -0.2) is 13.4 Å². The van der Waals surface area contributed by atoms with E-state index >= 15 is 0 Å². The van der Waals surface area contributed by atoms with Crippen molar-refractivity contribution in [2.24, 2.45) is 9.98 Å². The fourth-order valence-corrected chi connectivity index (χ4v) is 1.01. The van der Waals surface area contributed by atoms with Crippen LogP contribution in [0.15, 0.2) is 46.5 Å². The van der Waals surface area contributed by atoms with E-state index in [-0.39, 0.29) is 0 Å². The first-order valence-electron chi connectivity index (χ1n) is 4.96. The van der Waals surface area contributed by atoms with E-state index in [1.807, 2.05) is 38.1 Å². The molecule has 2 heteroatoms. The second kappa shape index (κ2) is 7.68. The van der Waals surface area contributed by atoms with Crippen LogP contribution in [0.2, 0.25) is 0 Å². The molecule has 80 valence electrons. The van der Waals surface area contributed by atoms with Crippen molar-refractivity contribution in [3.63, 3.8) is 0 Å². The molecule has 0 spiro atoms. The van der Waals surface area contributed by atoms with Crippen molar-refractivity contribution < 1.29 is 0 Å². The molecule has 15 heavy (non-hydrogen) atoms. The number of allylic oxidation sites excluding steroid dienone is 1. The van der Waals surface area contributed by atoms with E-state index < -0.39 is 0 Å². The molecule has 0 amide bonds. The molecule has 1 aromatic rings. The van der Waals surface area contributed by atoms with Crippen molar-refractivity contribution in [3.05, 3.63) is 42.1 Å². The highest BCUT2D eigenvalue weighted by molar-refractivity contribution is 5.46. The van der Waals surface area contributed by atoms with Gasteiger partial charge in [-0.3, -0.25) is 9.98 Å². The maximum atomic E-state index is 3.80. The zero-order valence-electron chi connectivity index (χ0n) is 9.53. The summed E-state index contributed by atoms with van der Waals surface area (Å²) in [6, 6.07) is 7.80. The van der Waals surface area contributed by atoms with Crippen molar-refractivity contribution in [1.29, 1.82) is 0 Å². The Bertz CT molecular complexity index is 323. The quantitative estimate of drug-likeness (QED) is 0.663. The molecule has 0 radical (unpaired) electrons. The highest BCUT2D eigenvalue weighted by Crippen LogP contribution is 2.14. The summed E-state index contributed by atoms with van der Waals surface area (Å²) in [4.78, 5) is 7.55. The van der Waals surface area contributed by atoms with E-state index in [1.165, 1.54) is 0 Å². The van der Waals surface area contributed by atoms with Crippen LogP contribution in [0, 0.1) is 0 Å². The van der Waals surface area contributed by atoms with Crippen LogP contribution >= 0.6 is 0 Å². The standard InChI is InChI=1S/C11H12N2.C2H6/c1-9(12-2)8-10-4-6-11(13-3)7-5-10;1-2/h4-7H,1-3,8H2;1-2H3. The fourth-order valence-electron chi connectivity index (χ4n) is 1.01. The number of rotatable bonds is 4. The fraction of sp³-hybridized carbons (Fsp3) is 0.231. The van der Waals surface area contributed by atoms with Gasteiger partial charge in [0.2, 0.25) is 0 Å². The summed E-state index contributed by atoms with van der Waals surface area (Å²) >= 11 is 0. The monoisotopic (exact) mass is 202 g/mol. The van der Waals surface area contributed by atoms with Crippen LogP contribution in [0.1, 0.15) is 19.4 Å². The zero-order chi connectivity index (χ0) is 11.7. The largest absolute Gasteiger partial charge is 0.269 e. The summed E-state index contributed by atoms with van der Waals surface area (Å²) in [6.45, 7) is 14.6. The first-order valence-corrected chi connectivity index (χ1v) is 4.96. The Labute approximate surface area is 92.1 Å². The summed E-state index contributed by atoms with van der Waals surface area (Å²) in [7, 11) is 0. The minimum Gasteiger partial charge on any atom is -0.269 e. The van der Waals surface area contributed by atoms with Gasteiger partial charge in [-0.15, -0.1) is 0 Å². The van der Waals surface area contributed by atoms with Gasteiger partial charge in [0.05, 0.1) is 5.69 Å². The molecule has 0 aromatic heterocycles. The van der Waals surface area contributed by atoms with E-state index in [0.29, 0.717) is 0 Å². The van der Waals surface area contributed by atoms with Gasteiger partial charge in [-0.2, -0.15) is 0 Å². The Morgan fingerprint density at radius 1 is 1.13 bits per heavy atom. The lowest BCUT2D eigenvalue weighted by Gasteiger charge is -2.00. The smallest absolute Gasteiger partial charge is 0.0622 e. The molecule has 0 N–H and O–H groups in total. The molecule has 0 bridgehead atoms. The maximum Gasteiger partial charge on any atom is 0.0622 e. The summed E-state index contributed by atoms with van der Waals surface area (Å²) in [5.74, 6) is 0. The second-order valence-electron chi connectivity index (χ2n) is 2.73. The van der Waals surface area contributed by atoms with Gasteiger partial charge in [0.1, 0.15) is 0 Å². The van der Waals surface area contributed by atoms with Crippen molar-refractivity contribution in [2.45, 2.75) is 20.3 Å². The Balaban J connectivity index is 0.000000921.